The lowest BCUT2D eigenvalue weighted by atomic mass is 10.0. The Hall–Kier alpha value is -2.59. The summed E-state index contributed by atoms with van der Waals surface area (Å²) in [4.78, 5) is 0. The van der Waals surface area contributed by atoms with E-state index < -0.39 is 0 Å². The van der Waals surface area contributed by atoms with Crippen molar-refractivity contribution in [1.29, 1.82) is 0 Å². The number of nitrogens with one attached hydrogen (secondary N) is 2. The van der Waals surface area contributed by atoms with Crippen molar-refractivity contribution in [3.63, 3.8) is 0 Å². The minimum atomic E-state index is 0.585. The van der Waals surface area contributed by atoms with Gasteiger partial charge < -0.3 is 10.1 Å². The fourth-order valence-corrected chi connectivity index (χ4v) is 2.91. The second kappa shape index (κ2) is 6.26. The molecule has 116 valence electrons. The maximum absolute atomic E-state index is 5.84. The molecule has 0 unspecified atom stereocenters. The number of rotatable bonds is 4. The average molecular weight is 305 g/mol. The summed E-state index contributed by atoms with van der Waals surface area (Å²) in [5.41, 5.74) is 5.88. The van der Waals surface area contributed by atoms with Crippen molar-refractivity contribution in [2.45, 2.75) is 19.6 Å². The molecule has 1 aliphatic heterocycles. The summed E-state index contributed by atoms with van der Waals surface area (Å²) in [5, 5.41) is 11.1. The number of nitrogens with zero attached hydrogens (tertiary/aromatic N) is 1. The van der Waals surface area contributed by atoms with Gasteiger partial charge in [-0.2, -0.15) is 5.10 Å². The van der Waals surface area contributed by atoms with E-state index in [9.17, 15) is 0 Å². The Labute approximate surface area is 135 Å². The van der Waals surface area contributed by atoms with E-state index >= 15 is 0 Å². The first kappa shape index (κ1) is 14.0. The predicted octanol–water partition coefficient (Wildman–Crippen LogP) is 3.30. The summed E-state index contributed by atoms with van der Waals surface area (Å²) in [6.45, 7) is 2.48. The number of fused-ring (bicyclic) bond motifs is 1. The lowest BCUT2D eigenvalue weighted by molar-refractivity contribution is 0.306. The topological polar surface area (TPSA) is 49.9 Å². The Kier molecular flexibility index (Phi) is 3.82. The van der Waals surface area contributed by atoms with E-state index in [1.807, 2.05) is 30.3 Å². The van der Waals surface area contributed by atoms with Gasteiger partial charge in [0.2, 0.25) is 0 Å². The second-order valence-corrected chi connectivity index (χ2v) is 5.75. The highest BCUT2D eigenvalue weighted by atomic mass is 16.5. The molecule has 0 fully saturated rings. The molecule has 0 radical (unpaired) electrons. The lowest BCUT2D eigenvalue weighted by Crippen LogP contribution is -2.23. The number of hydrogen-bond acceptors (Lipinski definition) is 3. The van der Waals surface area contributed by atoms with Crippen LogP contribution in [-0.4, -0.2) is 16.7 Å². The van der Waals surface area contributed by atoms with Gasteiger partial charge in [-0.05, 0) is 29.8 Å². The molecule has 4 heteroatoms. The van der Waals surface area contributed by atoms with Crippen LogP contribution in [0.5, 0.6) is 5.75 Å². The summed E-state index contributed by atoms with van der Waals surface area (Å²) in [6, 6.07) is 18.4. The van der Waals surface area contributed by atoms with Crippen molar-refractivity contribution in [2.75, 3.05) is 6.54 Å². The van der Waals surface area contributed by atoms with Crippen LogP contribution in [0.3, 0.4) is 0 Å². The number of aromatic nitrogens is 2. The molecule has 1 aromatic heterocycles. The highest BCUT2D eigenvalue weighted by Gasteiger charge is 2.17. The van der Waals surface area contributed by atoms with E-state index in [2.05, 4.69) is 39.8 Å². The number of benzene rings is 2. The van der Waals surface area contributed by atoms with E-state index in [0.717, 1.165) is 36.5 Å². The third-order valence-electron chi connectivity index (χ3n) is 4.18. The molecule has 0 amide bonds. The lowest BCUT2D eigenvalue weighted by Gasteiger charge is -2.13. The molecule has 2 N–H and O–H groups in total. The van der Waals surface area contributed by atoms with Gasteiger partial charge in [-0.25, -0.2) is 0 Å². The quantitative estimate of drug-likeness (QED) is 0.777. The van der Waals surface area contributed by atoms with Crippen LogP contribution < -0.4 is 10.1 Å². The smallest absolute Gasteiger partial charge is 0.119 e. The summed E-state index contributed by atoms with van der Waals surface area (Å²) in [5.74, 6) is 0.875. The molecule has 23 heavy (non-hydrogen) atoms. The van der Waals surface area contributed by atoms with Crippen molar-refractivity contribution >= 4 is 0 Å². The van der Waals surface area contributed by atoms with Crippen molar-refractivity contribution in [3.8, 4) is 17.0 Å². The molecule has 4 nitrogen and oxygen atoms in total. The van der Waals surface area contributed by atoms with E-state index in [4.69, 9.17) is 4.74 Å². The third kappa shape index (κ3) is 2.98. The molecule has 4 rings (SSSR count). The Balaban J connectivity index is 1.49. The van der Waals surface area contributed by atoms with Crippen LogP contribution >= 0.6 is 0 Å². The van der Waals surface area contributed by atoms with Crippen LogP contribution in [0.1, 0.15) is 16.8 Å². The SMILES string of the molecule is c1ccc(COc2ccc(-c3n[nH]c4c3CNCC4)cc2)cc1. The third-order valence-corrected chi connectivity index (χ3v) is 4.18. The molecule has 0 saturated carbocycles. The first-order valence-electron chi connectivity index (χ1n) is 7.94. The Bertz CT molecular complexity index is 778. The van der Waals surface area contributed by atoms with Crippen LogP contribution in [0, 0.1) is 0 Å². The second-order valence-electron chi connectivity index (χ2n) is 5.75. The number of ether oxygens (including phenoxy) is 1. The maximum atomic E-state index is 5.84. The van der Waals surface area contributed by atoms with Crippen molar-refractivity contribution in [1.82, 2.24) is 15.5 Å². The van der Waals surface area contributed by atoms with Crippen LogP contribution in [0.2, 0.25) is 0 Å². The van der Waals surface area contributed by atoms with Gasteiger partial charge in [0, 0.05) is 36.3 Å². The Morgan fingerprint density at radius 2 is 1.83 bits per heavy atom. The molecule has 2 aromatic carbocycles. The minimum absolute atomic E-state index is 0.585. The van der Waals surface area contributed by atoms with Gasteiger partial charge in [0.1, 0.15) is 12.4 Å². The molecule has 0 spiro atoms. The molecule has 0 atom stereocenters. The largest absolute Gasteiger partial charge is 0.489 e. The van der Waals surface area contributed by atoms with Crippen LogP contribution in [0.15, 0.2) is 54.6 Å². The fraction of sp³-hybridized carbons (Fsp3) is 0.211. The zero-order valence-corrected chi connectivity index (χ0v) is 12.9. The van der Waals surface area contributed by atoms with Gasteiger partial charge in [0.25, 0.3) is 0 Å². The van der Waals surface area contributed by atoms with Crippen molar-refractivity contribution in [2.24, 2.45) is 0 Å². The predicted molar refractivity (Wildman–Crippen MR) is 90.2 cm³/mol. The highest BCUT2D eigenvalue weighted by molar-refractivity contribution is 5.65. The molecule has 0 aliphatic carbocycles. The molecule has 0 bridgehead atoms. The van der Waals surface area contributed by atoms with E-state index in [1.54, 1.807) is 0 Å². The molecule has 1 aliphatic rings. The summed E-state index contributed by atoms with van der Waals surface area (Å²) < 4.78 is 5.84. The highest BCUT2D eigenvalue weighted by Crippen LogP contribution is 2.27. The van der Waals surface area contributed by atoms with Gasteiger partial charge in [-0.3, -0.25) is 5.10 Å². The minimum Gasteiger partial charge on any atom is -0.489 e. The summed E-state index contributed by atoms with van der Waals surface area (Å²) >= 11 is 0. The fourth-order valence-electron chi connectivity index (χ4n) is 2.91. The molecule has 0 saturated heterocycles. The van der Waals surface area contributed by atoms with Gasteiger partial charge >= 0.3 is 0 Å². The molecular formula is C19H19N3O. The van der Waals surface area contributed by atoms with Gasteiger partial charge in [-0.1, -0.05) is 30.3 Å². The van der Waals surface area contributed by atoms with Crippen LogP contribution in [0.25, 0.3) is 11.3 Å². The van der Waals surface area contributed by atoms with Gasteiger partial charge in [0.05, 0.1) is 5.69 Å². The molecular weight excluding hydrogens is 286 g/mol. The van der Waals surface area contributed by atoms with E-state index in [1.165, 1.54) is 16.8 Å². The zero-order valence-electron chi connectivity index (χ0n) is 12.9. The molecule has 3 aromatic rings. The number of H-pyrrole nitrogens is 1. The average Bonchev–Trinajstić information content (AvgIpc) is 3.05. The Morgan fingerprint density at radius 1 is 1.00 bits per heavy atom. The number of hydrogen-bond donors (Lipinski definition) is 2. The van der Waals surface area contributed by atoms with Gasteiger partial charge in [0.15, 0.2) is 0 Å². The first-order chi connectivity index (χ1) is 11.4. The Morgan fingerprint density at radius 3 is 2.65 bits per heavy atom. The van der Waals surface area contributed by atoms with Crippen LogP contribution in [0.4, 0.5) is 0 Å². The van der Waals surface area contributed by atoms with E-state index in [0.29, 0.717) is 6.61 Å². The monoisotopic (exact) mass is 305 g/mol. The number of aromatic amines is 1. The van der Waals surface area contributed by atoms with Crippen LogP contribution in [-0.2, 0) is 19.6 Å². The zero-order chi connectivity index (χ0) is 15.5. The van der Waals surface area contributed by atoms with Crippen molar-refractivity contribution in [3.05, 3.63) is 71.4 Å². The molecule has 2 heterocycles. The summed E-state index contributed by atoms with van der Waals surface area (Å²) in [7, 11) is 0. The van der Waals surface area contributed by atoms with E-state index in [-0.39, 0.29) is 0 Å². The van der Waals surface area contributed by atoms with Crippen molar-refractivity contribution < 1.29 is 4.74 Å². The standard InChI is InChI=1S/C19H19N3O/c1-2-4-14(5-3-1)13-23-16-8-6-15(7-9-16)19-17-12-20-11-10-18(17)21-22-19/h1-9,20H,10-13H2,(H,21,22). The summed E-state index contributed by atoms with van der Waals surface area (Å²) in [6.07, 6.45) is 1.01. The van der Waals surface area contributed by atoms with Gasteiger partial charge in [-0.15, -0.1) is 0 Å². The normalized spacial score (nSPS) is 13.6. The first-order valence-corrected chi connectivity index (χ1v) is 7.94. The maximum Gasteiger partial charge on any atom is 0.119 e.